The van der Waals surface area contributed by atoms with Gasteiger partial charge < -0.3 is 15.8 Å². The third kappa shape index (κ3) is 3.84. The van der Waals surface area contributed by atoms with Gasteiger partial charge in [0.25, 0.3) is 0 Å². The SMILES string of the molecule is CCc1ccc(Oc2ncnc(NC(C)CC)c2N)cc1. The number of aromatic nitrogens is 2. The van der Waals surface area contributed by atoms with Crippen LogP contribution in [0.3, 0.4) is 0 Å². The number of benzene rings is 1. The van der Waals surface area contributed by atoms with E-state index in [9.17, 15) is 0 Å². The first-order valence-electron chi connectivity index (χ1n) is 7.27. The Morgan fingerprint density at radius 3 is 2.52 bits per heavy atom. The molecule has 0 amide bonds. The summed E-state index contributed by atoms with van der Waals surface area (Å²) in [6.45, 7) is 6.29. The largest absolute Gasteiger partial charge is 0.437 e. The molecule has 2 aromatic rings. The highest BCUT2D eigenvalue weighted by atomic mass is 16.5. The Morgan fingerprint density at radius 2 is 1.90 bits per heavy atom. The van der Waals surface area contributed by atoms with Crippen LogP contribution in [-0.4, -0.2) is 16.0 Å². The number of nitrogen functional groups attached to an aromatic ring is 1. The van der Waals surface area contributed by atoms with E-state index in [0.29, 0.717) is 29.2 Å². The van der Waals surface area contributed by atoms with Gasteiger partial charge in [0.05, 0.1) is 0 Å². The molecule has 1 aromatic heterocycles. The van der Waals surface area contributed by atoms with Gasteiger partial charge in [0.2, 0.25) is 5.88 Å². The molecular weight excluding hydrogens is 264 g/mol. The summed E-state index contributed by atoms with van der Waals surface area (Å²) in [6, 6.07) is 8.19. The molecule has 0 aliphatic heterocycles. The normalized spacial score (nSPS) is 12.0. The van der Waals surface area contributed by atoms with Crippen LogP contribution in [0.15, 0.2) is 30.6 Å². The minimum absolute atomic E-state index is 0.291. The molecule has 5 nitrogen and oxygen atoms in total. The van der Waals surface area contributed by atoms with Gasteiger partial charge in [-0.3, -0.25) is 0 Å². The van der Waals surface area contributed by atoms with Crippen LogP contribution in [0.2, 0.25) is 0 Å². The first-order valence-corrected chi connectivity index (χ1v) is 7.27. The maximum Gasteiger partial charge on any atom is 0.248 e. The first-order chi connectivity index (χ1) is 10.1. The molecule has 0 radical (unpaired) electrons. The minimum atomic E-state index is 0.291. The zero-order chi connectivity index (χ0) is 15.2. The molecule has 1 aromatic carbocycles. The van der Waals surface area contributed by atoms with Crippen molar-refractivity contribution in [2.24, 2.45) is 0 Å². The number of nitrogens with zero attached hydrogens (tertiary/aromatic N) is 2. The predicted molar refractivity (Wildman–Crippen MR) is 85.7 cm³/mol. The molecule has 5 heteroatoms. The molecule has 0 spiro atoms. The molecule has 2 rings (SSSR count). The summed E-state index contributed by atoms with van der Waals surface area (Å²) < 4.78 is 5.75. The molecule has 0 saturated carbocycles. The van der Waals surface area contributed by atoms with Crippen LogP contribution < -0.4 is 15.8 Å². The van der Waals surface area contributed by atoms with Crippen molar-refractivity contribution in [2.75, 3.05) is 11.1 Å². The predicted octanol–water partition coefficient (Wildman–Crippen LogP) is 3.62. The van der Waals surface area contributed by atoms with E-state index in [2.05, 4.69) is 36.1 Å². The van der Waals surface area contributed by atoms with Gasteiger partial charge >= 0.3 is 0 Å². The Morgan fingerprint density at radius 1 is 1.19 bits per heavy atom. The van der Waals surface area contributed by atoms with Gasteiger partial charge in [-0.2, -0.15) is 4.98 Å². The summed E-state index contributed by atoms with van der Waals surface area (Å²) >= 11 is 0. The van der Waals surface area contributed by atoms with Crippen molar-refractivity contribution in [3.8, 4) is 11.6 Å². The number of hydrogen-bond donors (Lipinski definition) is 2. The smallest absolute Gasteiger partial charge is 0.248 e. The Kier molecular flexibility index (Phi) is 4.98. The van der Waals surface area contributed by atoms with E-state index in [1.165, 1.54) is 11.9 Å². The summed E-state index contributed by atoms with van der Waals surface area (Å²) in [6.07, 6.45) is 3.44. The lowest BCUT2D eigenvalue weighted by Crippen LogP contribution is -2.16. The van der Waals surface area contributed by atoms with Crippen molar-refractivity contribution in [1.82, 2.24) is 9.97 Å². The van der Waals surface area contributed by atoms with Crippen LogP contribution in [-0.2, 0) is 6.42 Å². The van der Waals surface area contributed by atoms with E-state index < -0.39 is 0 Å². The lowest BCUT2D eigenvalue weighted by molar-refractivity contribution is 0.464. The quantitative estimate of drug-likeness (QED) is 0.848. The first kappa shape index (κ1) is 15.1. The van der Waals surface area contributed by atoms with Gasteiger partial charge in [0.15, 0.2) is 5.82 Å². The number of aryl methyl sites for hydroxylation is 1. The van der Waals surface area contributed by atoms with Gasteiger partial charge in [-0.15, -0.1) is 0 Å². The highest BCUT2D eigenvalue weighted by molar-refractivity contribution is 5.67. The molecule has 0 aliphatic rings. The number of nitrogens with one attached hydrogen (secondary N) is 1. The maximum absolute atomic E-state index is 6.08. The molecule has 21 heavy (non-hydrogen) atoms. The minimum Gasteiger partial charge on any atom is -0.437 e. The van der Waals surface area contributed by atoms with Crippen molar-refractivity contribution >= 4 is 11.5 Å². The number of rotatable bonds is 6. The van der Waals surface area contributed by atoms with Crippen molar-refractivity contribution in [3.63, 3.8) is 0 Å². The lowest BCUT2D eigenvalue weighted by atomic mass is 10.2. The van der Waals surface area contributed by atoms with E-state index >= 15 is 0 Å². The summed E-state index contributed by atoms with van der Waals surface area (Å²) in [5.74, 6) is 1.70. The average molecular weight is 286 g/mol. The fraction of sp³-hybridized carbons (Fsp3) is 0.375. The van der Waals surface area contributed by atoms with E-state index in [-0.39, 0.29) is 0 Å². The van der Waals surface area contributed by atoms with Gasteiger partial charge in [0, 0.05) is 6.04 Å². The monoisotopic (exact) mass is 286 g/mol. The van der Waals surface area contributed by atoms with Crippen molar-refractivity contribution in [2.45, 2.75) is 39.7 Å². The second-order valence-electron chi connectivity index (χ2n) is 4.99. The molecule has 1 unspecified atom stereocenters. The maximum atomic E-state index is 6.08. The third-order valence-corrected chi connectivity index (χ3v) is 3.39. The second kappa shape index (κ2) is 6.92. The molecule has 1 atom stereocenters. The fourth-order valence-corrected chi connectivity index (χ4v) is 1.82. The number of nitrogens with two attached hydrogens (primary N) is 1. The molecule has 3 N–H and O–H groups in total. The van der Waals surface area contributed by atoms with E-state index in [4.69, 9.17) is 10.5 Å². The van der Waals surface area contributed by atoms with Crippen LogP contribution in [0.4, 0.5) is 11.5 Å². The second-order valence-corrected chi connectivity index (χ2v) is 4.99. The van der Waals surface area contributed by atoms with E-state index in [1.54, 1.807) is 0 Å². The fourth-order valence-electron chi connectivity index (χ4n) is 1.82. The molecule has 112 valence electrons. The summed E-state index contributed by atoms with van der Waals surface area (Å²) in [7, 11) is 0. The standard InChI is InChI=1S/C16H22N4O/c1-4-11(3)20-15-14(17)16(19-10-18-15)21-13-8-6-12(5-2)7-9-13/h6-11H,4-5,17H2,1-3H3,(H,18,19,20). The average Bonchev–Trinajstić information content (AvgIpc) is 2.52. The highest BCUT2D eigenvalue weighted by Gasteiger charge is 2.11. The van der Waals surface area contributed by atoms with Gasteiger partial charge in [-0.1, -0.05) is 26.0 Å². The molecule has 1 heterocycles. The van der Waals surface area contributed by atoms with Crippen LogP contribution in [0.1, 0.15) is 32.8 Å². The van der Waals surface area contributed by atoms with Gasteiger partial charge in [-0.05, 0) is 37.5 Å². The van der Waals surface area contributed by atoms with Crippen LogP contribution in [0.5, 0.6) is 11.6 Å². The zero-order valence-corrected chi connectivity index (χ0v) is 12.8. The van der Waals surface area contributed by atoms with Crippen LogP contribution in [0, 0.1) is 0 Å². The third-order valence-electron chi connectivity index (χ3n) is 3.39. The molecule has 0 saturated heterocycles. The Hall–Kier alpha value is -2.30. The van der Waals surface area contributed by atoms with E-state index in [1.807, 2.05) is 24.3 Å². The van der Waals surface area contributed by atoms with Crippen LogP contribution >= 0.6 is 0 Å². The number of hydrogen-bond acceptors (Lipinski definition) is 5. The van der Waals surface area contributed by atoms with Crippen LogP contribution in [0.25, 0.3) is 0 Å². The molecule has 0 fully saturated rings. The molecule has 0 bridgehead atoms. The number of anilines is 2. The van der Waals surface area contributed by atoms with Gasteiger partial charge in [0.1, 0.15) is 17.8 Å². The topological polar surface area (TPSA) is 73.1 Å². The summed E-state index contributed by atoms with van der Waals surface area (Å²) in [4.78, 5) is 8.28. The van der Waals surface area contributed by atoms with Crippen molar-refractivity contribution in [3.05, 3.63) is 36.2 Å². The highest BCUT2D eigenvalue weighted by Crippen LogP contribution is 2.29. The zero-order valence-electron chi connectivity index (χ0n) is 12.8. The Labute approximate surface area is 125 Å². The number of ether oxygens (including phenoxy) is 1. The van der Waals surface area contributed by atoms with Crippen molar-refractivity contribution < 1.29 is 4.74 Å². The Bertz CT molecular complexity index is 583. The molecule has 0 aliphatic carbocycles. The van der Waals surface area contributed by atoms with Crippen molar-refractivity contribution in [1.29, 1.82) is 0 Å². The Balaban J connectivity index is 2.17. The summed E-state index contributed by atoms with van der Waals surface area (Å²) in [5, 5.41) is 3.25. The lowest BCUT2D eigenvalue weighted by Gasteiger charge is -2.15. The van der Waals surface area contributed by atoms with E-state index in [0.717, 1.165) is 12.8 Å². The summed E-state index contributed by atoms with van der Waals surface area (Å²) in [5.41, 5.74) is 7.77. The van der Waals surface area contributed by atoms with Gasteiger partial charge in [-0.25, -0.2) is 4.98 Å². The molecular formula is C16H22N4O.